The van der Waals surface area contributed by atoms with Crippen LogP contribution in [0.1, 0.15) is 33.2 Å². The number of fused-ring (bicyclic) bond motifs is 2. The predicted molar refractivity (Wildman–Crippen MR) is 134 cm³/mol. The first kappa shape index (κ1) is 20.1. The number of nitrogens with two attached hydrogens (primary N) is 1. The zero-order valence-electron chi connectivity index (χ0n) is 18.4. The van der Waals surface area contributed by atoms with Crippen LogP contribution in [0.2, 0.25) is 0 Å². The van der Waals surface area contributed by atoms with E-state index in [1.54, 1.807) is 12.1 Å². The molecule has 5 aromatic rings. The smallest absolute Gasteiger partial charge is 0.255 e. The van der Waals surface area contributed by atoms with Crippen molar-refractivity contribution in [2.24, 2.45) is 0 Å². The second kappa shape index (κ2) is 7.81. The van der Waals surface area contributed by atoms with Crippen molar-refractivity contribution in [2.45, 2.75) is 12.6 Å². The first-order valence-electron chi connectivity index (χ1n) is 11.2. The standard InChI is InChI=1S/C29H23N3O2/c30-22-13-11-18(12-14-22)19-9-10-21-17-32(29(34)24(21)15-19)28(23-6-2-4-8-27(23)33)26-16-20-5-1-3-7-25(20)31-26/h1-16,28,31,33H,17,30H2/t28-/m1/s1. The number of para-hydroxylation sites is 2. The molecule has 0 radical (unpaired) electrons. The van der Waals surface area contributed by atoms with Crippen molar-refractivity contribution in [3.05, 3.63) is 119 Å². The number of phenolic OH excluding ortho intramolecular Hbond substituents is 1. The second-order valence-corrected chi connectivity index (χ2v) is 8.70. The van der Waals surface area contributed by atoms with Crippen LogP contribution in [0.4, 0.5) is 5.69 Å². The van der Waals surface area contributed by atoms with Gasteiger partial charge < -0.3 is 20.7 Å². The van der Waals surface area contributed by atoms with E-state index in [0.29, 0.717) is 23.4 Å². The van der Waals surface area contributed by atoms with Crippen LogP contribution >= 0.6 is 0 Å². The maximum absolute atomic E-state index is 13.8. The molecule has 6 rings (SSSR count). The van der Waals surface area contributed by atoms with Gasteiger partial charge in [-0.2, -0.15) is 0 Å². The van der Waals surface area contributed by atoms with E-state index in [2.05, 4.69) is 11.1 Å². The number of carbonyl (C=O) groups excluding carboxylic acids is 1. The summed E-state index contributed by atoms with van der Waals surface area (Å²) in [6.45, 7) is 0.463. The van der Waals surface area contributed by atoms with Crippen LogP contribution in [-0.4, -0.2) is 20.9 Å². The van der Waals surface area contributed by atoms with Crippen LogP contribution in [0.3, 0.4) is 0 Å². The molecule has 166 valence electrons. The van der Waals surface area contributed by atoms with Gasteiger partial charge in [0.05, 0.1) is 0 Å². The van der Waals surface area contributed by atoms with E-state index >= 15 is 0 Å². The van der Waals surface area contributed by atoms with Gasteiger partial charge in [0.1, 0.15) is 11.8 Å². The van der Waals surface area contributed by atoms with E-state index < -0.39 is 6.04 Å². The summed E-state index contributed by atoms with van der Waals surface area (Å²) in [5.41, 5.74) is 12.7. The average Bonchev–Trinajstić information content (AvgIpc) is 3.42. The van der Waals surface area contributed by atoms with Gasteiger partial charge in [0.25, 0.3) is 5.91 Å². The van der Waals surface area contributed by atoms with Crippen molar-refractivity contribution in [2.75, 3.05) is 5.73 Å². The Bertz CT molecular complexity index is 1500. The molecule has 1 aromatic heterocycles. The van der Waals surface area contributed by atoms with Gasteiger partial charge in [-0.15, -0.1) is 0 Å². The van der Waals surface area contributed by atoms with Crippen LogP contribution in [0, 0.1) is 0 Å². The molecular formula is C29H23N3O2. The van der Waals surface area contributed by atoms with Crippen LogP contribution in [0.5, 0.6) is 5.75 Å². The number of phenols is 1. The number of nitrogens with zero attached hydrogens (tertiary/aromatic N) is 1. The number of aromatic amines is 1. The van der Waals surface area contributed by atoms with Crippen molar-refractivity contribution >= 4 is 22.5 Å². The molecule has 0 bridgehead atoms. The van der Waals surface area contributed by atoms with Crippen molar-refractivity contribution in [1.29, 1.82) is 0 Å². The maximum Gasteiger partial charge on any atom is 0.255 e. The van der Waals surface area contributed by atoms with Crippen molar-refractivity contribution < 1.29 is 9.90 Å². The lowest BCUT2D eigenvalue weighted by Gasteiger charge is -2.28. The normalized spacial score (nSPS) is 13.9. The maximum atomic E-state index is 13.8. The average molecular weight is 446 g/mol. The molecule has 5 nitrogen and oxygen atoms in total. The molecule has 0 saturated carbocycles. The Morgan fingerprint density at radius 2 is 1.59 bits per heavy atom. The van der Waals surface area contributed by atoms with E-state index in [1.165, 1.54) is 0 Å². The summed E-state index contributed by atoms with van der Waals surface area (Å²) in [6, 6.07) is 30.5. The quantitative estimate of drug-likeness (QED) is 0.303. The molecule has 1 aliphatic heterocycles. The molecule has 4 N–H and O–H groups in total. The summed E-state index contributed by atoms with van der Waals surface area (Å²) in [5, 5.41) is 11.8. The minimum absolute atomic E-state index is 0.0563. The third-order valence-corrected chi connectivity index (χ3v) is 6.57. The number of H-pyrrole nitrogens is 1. The fourth-order valence-electron chi connectivity index (χ4n) is 4.85. The Kier molecular flexibility index (Phi) is 4.62. The Morgan fingerprint density at radius 3 is 2.38 bits per heavy atom. The first-order valence-corrected chi connectivity index (χ1v) is 11.2. The van der Waals surface area contributed by atoms with E-state index in [-0.39, 0.29) is 11.7 Å². The third kappa shape index (κ3) is 3.30. The van der Waals surface area contributed by atoms with E-state index in [9.17, 15) is 9.90 Å². The molecule has 1 aliphatic rings. The number of nitrogen functional groups attached to an aromatic ring is 1. The molecule has 0 saturated heterocycles. The number of benzene rings is 4. The van der Waals surface area contributed by atoms with E-state index in [4.69, 9.17) is 5.73 Å². The molecule has 34 heavy (non-hydrogen) atoms. The Morgan fingerprint density at radius 1 is 0.853 bits per heavy atom. The SMILES string of the molecule is Nc1ccc(-c2ccc3c(c2)C(=O)N([C@@H](c2cc4ccccc4[nH]2)c2ccccc2O)C3)cc1. The Labute approximate surface area is 197 Å². The van der Waals surface area contributed by atoms with Gasteiger partial charge >= 0.3 is 0 Å². The summed E-state index contributed by atoms with van der Waals surface area (Å²) in [6.07, 6.45) is 0. The largest absolute Gasteiger partial charge is 0.508 e. The van der Waals surface area contributed by atoms with Gasteiger partial charge in [-0.25, -0.2) is 0 Å². The number of amides is 1. The number of hydrogen-bond donors (Lipinski definition) is 3. The van der Waals surface area contributed by atoms with E-state index in [1.807, 2.05) is 83.8 Å². The zero-order valence-corrected chi connectivity index (χ0v) is 18.4. The number of aromatic hydroxyl groups is 1. The highest BCUT2D eigenvalue weighted by atomic mass is 16.3. The molecule has 0 aliphatic carbocycles. The van der Waals surface area contributed by atoms with Crippen LogP contribution in [-0.2, 0) is 6.54 Å². The summed E-state index contributed by atoms with van der Waals surface area (Å²) in [5.74, 6) is 0.108. The fourth-order valence-corrected chi connectivity index (χ4v) is 4.85. The van der Waals surface area contributed by atoms with Crippen LogP contribution in [0.15, 0.2) is 97.1 Å². The molecule has 1 amide bonds. The highest BCUT2D eigenvalue weighted by molar-refractivity contribution is 6.00. The monoisotopic (exact) mass is 445 g/mol. The number of anilines is 1. The van der Waals surface area contributed by atoms with Gasteiger partial charge in [-0.1, -0.05) is 60.7 Å². The number of rotatable bonds is 4. The topological polar surface area (TPSA) is 82.4 Å². The van der Waals surface area contributed by atoms with Gasteiger partial charge in [0.15, 0.2) is 0 Å². The third-order valence-electron chi connectivity index (χ3n) is 6.57. The molecule has 4 aromatic carbocycles. The molecule has 2 heterocycles. The van der Waals surface area contributed by atoms with Gasteiger partial charge in [-0.05, 0) is 58.5 Å². The second-order valence-electron chi connectivity index (χ2n) is 8.70. The number of aromatic nitrogens is 1. The Balaban J connectivity index is 1.44. The number of hydrogen-bond acceptors (Lipinski definition) is 3. The summed E-state index contributed by atoms with van der Waals surface area (Å²) in [4.78, 5) is 19.1. The molecule has 5 heteroatoms. The van der Waals surface area contributed by atoms with Crippen LogP contribution < -0.4 is 5.73 Å². The summed E-state index contributed by atoms with van der Waals surface area (Å²) < 4.78 is 0. The van der Waals surface area contributed by atoms with Crippen molar-refractivity contribution in [3.63, 3.8) is 0 Å². The minimum atomic E-state index is -0.450. The summed E-state index contributed by atoms with van der Waals surface area (Å²) in [7, 11) is 0. The fraction of sp³-hybridized carbons (Fsp3) is 0.0690. The van der Waals surface area contributed by atoms with Crippen molar-refractivity contribution in [3.8, 4) is 16.9 Å². The van der Waals surface area contributed by atoms with E-state index in [0.717, 1.165) is 33.3 Å². The number of nitrogens with one attached hydrogen (secondary N) is 1. The molecule has 0 spiro atoms. The first-order chi connectivity index (χ1) is 16.6. The lowest BCUT2D eigenvalue weighted by Crippen LogP contribution is -2.30. The molecule has 0 unspecified atom stereocenters. The van der Waals surface area contributed by atoms with Gasteiger partial charge in [0, 0.05) is 34.6 Å². The minimum Gasteiger partial charge on any atom is -0.508 e. The highest BCUT2D eigenvalue weighted by Gasteiger charge is 2.36. The molecule has 1 atom stereocenters. The molecule has 0 fully saturated rings. The lowest BCUT2D eigenvalue weighted by atomic mass is 10.00. The number of carbonyl (C=O) groups is 1. The zero-order chi connectivity index (χ0) is 23.2. The molecular weight excluding hydrogens is 422 g/mol. The summed E-state index contributed by atoms with van der Waals surface area (Å²) >= 11 is 0. The predicted octanol–water partition coefficient (Wildman–Crippen LogP) is 5.87. The van der Waals surface area contributed by atoms with Crippen molar-refractivity contribution in [1.82, 2.24) is 9.88 Å². The van der Waals surface area contributed by atoms with Crippen LogP contribution in [0.25, 0.3) is 22.0 Å². The lowest BCUT2D eigenvalue weighted by molar-refractivity contribution is 0.0727. The Hall–Kier alpha value is -4.51. The highest BCUT2D eigenvalue weighted by Crippen LogP contribution is 2.40. The van der Waals surface area contributed by atoms with Gasteiger partial charge in [0.2, 0.25) is 0 Å². The van der Waals surface area contributed by atoms with Gasteiger partial charge in [-0.3, -0.25) is 4.79 Å².